The fourth-order valence-corrected chi connectivity index (χ4v) is 4.09. The number of rotatable bonds is 4. The second kappa shape index (κ2) is 7.87. The van der Waals surface area contributed by atoms with Crippen LogP contribution in [-0.4, -0.2) is 17.0 Å². The van der Waals surface area contributed by atoms with E-state index in [9.17, 15) is 19.1 Å². The largest absolute Gasteiger partial charge is 0.478 e. The van der Waals surface area contributed by atoms with Crippen molar-refractivity contribution in [3.63, 3.8) is 0 Å². The Morgan fingerprint density at radius 2 is 1.74 bits per heavy atom. The number of fused-ring (bicyclic) bond motifs is 1. The zero-order valence-corrected chi connectivity index (χ0v) is 17.3. The van der Waals surface area contributed by atoms with E-state index in [1.807, 2.05) is 24.3 Å². The van der Waals surface area contributed by atoms with Gasteiger partial charge in [0, 0.05) is 16.9 Å². The van der Waals surface area contributed by atoms with E-state index in [2.05, 4.69) is 24.5 Å². The van der Waals surface area contributed by atoms with E-state index < -0.39 is 5.97 Å². The lowest BCUT2D eigenvalue weighted by Crippen LogP contribution is -2.35. The van der Waals surface area contributed by atoms with Gasteiger partial charge in [0.2, 0.25) is 0 Å². The van der Waals surface area contributed by atoms with E-state index >= 15 is 0 Å². The van der Waals surface area contributed by atoms with Crippen LogP contribution in [0.15, 0.2) is 66.7 Å². The molecule has 3 N–H and O–H groups in total. The summed E-state index contributed by atoms with van der Waals surface area (Å²) in [7, 11) is 0. The maximum Gasteiger partial charge on any atom is 0.335 e. The highest BCUT2D eigenvalue weighted by Gasteiger charge is 2.36. The molecule has 1 heterocycles. The van der Waals surface area contributed by atoms with Crippen molar-refractivity contribution in [3.8, 4) is 0 Å². The van der Waals surface area contributed by atoms with Crippen LogP contribution in [0.1, 0.15) is 51.7 Å². The van der Waals surface area contributed by atoms with Crippen molar-refractivity contribution in [3.05, 3.63) is 94.8 Å². The van der Waals surface area contributed by atoms with Crippen molar-refractivity contribution >= 4 is 23.3 Å². The maximum absolute atomic E-state index is 13.1. The molecule has 0 aliphatic carbocycles. The zero-order valence-electron chi connectivity index (χ0n) is 17.3. The Morgan fingerprint density at radius 1 is 1.03 bits per heavy atom. The summed E-state index contributed by atoms with van der Waals surface area (Å²) in [6.07, 6.45) is 0.716. The number of carbonyl (C=O) groups is 2. The number of hydrogen-bond donors (Lipinski definition) is 3. The first-order valence-corrected chi connectivity index (χ1v) is 10.0. The fraction of sp³-hybridized carbons (Fsp3) is 0.200. The highest BCUT2D eigenvalue weighted by atomic mass is 19.1. The van der Waals surface area contributed by atoms with Crippen LogP contribution in [0.3, 0.4) is 0 Å². The molecule has 0 bridgehead atoms. The molecule has 1 atom stereocenters. The quantitative estimate of drug-likeness (QED) is 0.522. The Labute approximate surface area is 179 Å². The SMILES string of the molecule is CC1(C)Cc2cc(C(=O)O)ccc2NC1c1cccc(NC(=O)c2ccc(F)cc2)c1. The molecule has 6 heteroatoms. The van der Waals surface area contributed by atoms with Gasteiger partial charge in [0.1, 0.15) is 5.82 Å². The van der Waals surface area contributed by atoms with Crippen LogP contribution in [0.4, 0.5) is 15.8 Å². The molecule has 0 spiro atoms. The lowest BCUT2D eigenvalue weighted by Gasteiger charge is -2.41. The van der Waals surface area contributed by atoms with Crippen LogP contribution in [0.2, 0.25) is 0 Å². The number of aromatic carboxylic acids is 1. The van der Waals surface area contributed by atoms with E-state index in [1.54, 1.807) is 18.2 Å². The van der Waals surface area contributed by atoms with Crippen LogP contribution < -0.4 is 10.6 Å². The van der Waals surface area contributed by atoms with Crippen molar-refractivity contribution in [2.45, 2.75) is 26.3 Å². The molecule has 0 saturated carbocycles. The number of halogens is 1. The van der Waals surface area contributed by atoms with Crippen molar-refractivity contribution in [1.29, 1.82) is 0 Å². The van der Waals surface area contributed by atoms with Crippen molar-refractivity contribution in [2.24, 2.45) is 5.41 Å². The predicted molar refractivity (Wildman–Crippen MR) is 118 cm³/mol. The first-order valence-electron chi connectivity index (χ1n) is 10.0. The standard InChI is InChI=1S/C25H23FN2O3/c1-25(2)14-18-12-17(24(30)31)8-11-21(18)28-22(25)16-4-3-5-20(13-16)27-23(29)15-6-9-19(26)10-7-15/h3-13,22,28H,14H2,1-2H3,(H,27,29)(H,30,31). The average molecular weight is 418 g/mol. The van der Waals surface area contributed by atoms with Gasteiger partial charge in [-0.3, -0.25) is 4.79 Å². The summed E-state index contributed by atoms with van der Waals surface area (Å²) < 4.78 is 13.1. The van der Waals surface area contributed by atoms with Gasteiger partial charge in [-0.15, -0.1) is 0 Å². The second-order valence-corrected chi connectivity index (χ2v) is 8.51. The van der Waals surface area contributed by atoms with Crippen LogP contribution in [0.5, 0.6) is 0 Å². The number of carboxylic acids is 1. The second-order valence-electron chi connectivity index (χ2n) is 8.51. The third-order valence-electron chi connectivity index (χ3n) is 5.66. The van der Waals surface area contributed by atoms with Gasteiger partial charge < -0.3 is 15.7 Å². The molecular weight excluding hydrogens is 395 g/mol. The lowest BCUT2D eigenvalue weighted by molar-refractivity contribution is 0.0696. The Morgan fingerprint density at radius 3 is 2.45 bits per heavy atom. The third kappa shape index (κ3) is 4.28. The third-order valence-corrected chi connectivity index (χ3v) is 5.66. The molecule has 0 fully saturated rings. The minimum Gasteiger partial charge on any atom is -0.478 e. The number of hydrogen-bond acceptors (Lipinski definition) is 3. The number of benzene rings is 3. The normalized spacial score (nSPS) is 16.7. The van der Waals surface area contributed by atoms with Crippen LogP contribution in [0, 0.1) is 11.2 Å². The van der Waals surface area contributed by atoms with Gasteiger partial charge in [-0.25, -0.2) is 9.18 Å². The van der Waals surface area contributed by atoms with E-state index in [1.165, 1.54) is 24.3 Å². The smallest absolute Gasteiger partial charge is 0.335 e. The number of amides is 1. The molecule has 4 rings (SSSR count). The summed E-state index contributed by atoms with van der Waals surface area (Å²) in [4.78, 5) is 23.8. The summed E-state index contributed by atoms with van der Waals surface area (Å²) >= 11 is 0. The topological polar surface area (TPSA) is 78.4 Å². The van der Waals surface area contributed by atoms with Gasteiger partial charge in [0.15, 0.2) is 0 Å². The molecule has 1 aliphatic heterocycles. The molecule has 1 amide bonds. The Balaban J connectivity index is 1.58. The highest BCUT2D eigenvalue weighted by molar-refractivity contribution is 6.04. The van der Waals surface area contributed by atoms with E-state index in [0.717, 1.165) is 16.8 Å². The average Bonchev–Trinajstić information content (AvgIpc) is 2.72. The zero-order chi connectivity index (χ0) is 22.2. The molecular formula is C25H23FN2O3. The summed E-state index contributed by atoms with van der Waals surface area (Å²) in [5.41, 5.74) is 4.01. The number of nitrogens with one attached hydrogen (secondary N) is 2. The van der Waals surface area contributed by atoms with Crippen LogP contribution in [-0.2, 0) is 6.42 Å². The van der Waals surface area contributed by atoms with Crippen molar-refractivity contribution in [2.75, 3.05) is 10.6 Å². The Hall–Kier alpha value is -3.67. The van der Waals surface area contributed by atoms with Gasteiger partial charge in [-0.1, -0.05) is 26.0 Å². The summed E-state index contributed by atoms with van der Waals surface area (Å²) in [6.45, 7) is 4.26. The van der Waals surface area contributed by atoms with E-state index in [4.69, 9.17) is 0 Å². The van der Waals surface area contributed by atoms with E-state index in [-0.39, 0.29) is 28.7 Å². The molecule has 3 aromatic rings. The Kier molecular flexibility index (Phi) is 5.23. The maximum atomic E-state index is 13.1. The van der Waals surface area contributed by atoms with Crippen LogP contribution in [0.25, 0.3) is 0 Å². The monoisotopic (exact) mass is 418 g/mol. The molecule has 158 valence electrons. The lowest BCUT2D eigenvalue weighted by atomic mass is 9.72. The molecule has 1 aliphatic rings. The molecule has 0 saturated heterocycles. The van der Waals surface area contributed by atoms with Crippen molar-refractivity contribution in [1.82, 2.24) is 0 Å². The first kappa shape index (κ1) is 20.6. The summed E-state index contributed by atoms with van der Waals surface area (Å²) in [5.74, 6) is -1.63. The molecule has 3 aromatic carbocycles. The molecule has 31 heavy (non-hydrogen) atoms. The van der Waals surface area contributed by atoms with Gasteiger partial charge >= 0.3 is 5.97 Å². The highest BCUT2D eigenvalue weighted by Crippen LogP contribution is 2.45. The number of carbonyl (C=O) groups excluding carboxylic acids is 1. The summed E-state index contributed by atoms with van der Waals surface area (Å²) in [6, 6.07) is 18.1. The first-order chi connectivity index (χ1) is 14.7. The molecule has 5 nitrogen and oxygen atoms in total. The van der Waals surface area contributed by atoms with Gasteiger partial charge in [-0.05, 0) is 77.6 Å². The minimum atomic E-state index is -0.938. The van der Waals surface area contributed by atoms with Gasteiger partial charge in [0.05, 0.1) is 11.6 Å². The van der Waals surface area contributed by atoms with Gasteiger partial charge in [-0.2, -0.15) is 0 Å². The van der Waals surface area contributed by atoms with Crippen molar-refractivity contribution < 1.29 is 19.1 Å². The van der Waals surface area contributed by atoms with Crippen LogP contribution >= 0.6 is 0 Å². The predicted octanol–water partition coefficient (Wildman–Crippen LogP) is 5.51. The molecule has 1 unspecified atom stereocenters. The molecule has 0 radical (unpaired) electrons. The fourth-order valence-electron chi connectivity index (χ4n) is 4.09. The molecule has 0 aromatic heterocycles. The minimum absolute atomic E-state index is 0.0293. The summed E-state index contributed by atoms with van der Waals surface area (Å²) in [5, 5.41) is 15.7. The van der Waals surface area contributed by atoms with Gasteiger partial charge in [0.25, 0.3) is 5.91 Å². The number of carboxylic acid groups (broad SMARTS) is 1. The van der Waals surface area contributed by atoms with E-state index in [0.29, 0.717) is 17.7 Å². The number of anilines is 2. The Bertz CT molecular complexity index is 1160.